The third kappa shape index (κ3) is 4.02. The molecule has 0 saturated carbocycles. The lowest BCUT2D eigenvalue weighted by Crippen LogP contribution is -2.29. The number of benzene rings is 3. The summed E-state index contributed by atoms with van der Waals surface area (Å²) in [5.74, 6) is 0.183. The fourth-order valence-electron chi connectivity index (χ4n) is 4.61. The molecule has 1 atom stereocenters. The van der Waals surface area contributed by atoms with Crippen LogP contribution in [0.1, 0.15) is 57.4 Å². The van der Waals surface area contributed by atoms with Crippen molar-refractivity contribution in [2.24, 2.45) is 0 Å². The second-order valence-electron chi connectivity index (χ2n) is 8.53. The molecule has 4 aromatic rings. The van der Waals surface area contributed by atoms with Crippen molar-refractivity contribution in [3.8, 4) is 17.0 Å². The molecular formula is C29H27N3O4. The van der Waals surface area contributed by atoms with E-state index in [0.29, 0.717) is 23.6 Å². The van der Waals surface area contributed by atoms with Crippen molar-refractivity contribution in [2.45, 2.75) is 26.3 Å². The van der Waals surface area contributed by atoms with E-state index in [-0.39, 0.29) is 17.9 Å². The second-order valence-corrected chi connectivity index (χ2v) is 8.53. The molecule has 182 valence electrons. The predicted octanol–water partition coefficient (Wildman–Crippen LogP) is 5.57. The first kappa shape index (κ1) is 23.4. The summed E-state index contributed by atoms with van der Waals surface area (Å²) in [7, 11) is 1.63. The van der Waals surface area contributed by atoms with Gasteiger partial charge in [-0.05, 0) is 73.0 Å². The lowest BCUT2D eigenvalue weighted by molar-refractivity contribution is 0.0526. The quantitative estimate of drug-likeness (QED) is 0.349. The number of hydrogen-bond acceptors (Lipinski definition) is 5. The Morgan fingerprint density at radius 1 is 0.972 bits per heavy atom. The minimum atomic E-state index is -0.389. The van der Waals surface area contributed by atoms with Crippen LogP contribution in [0.15, 0.2) is 72.8 Å². The van der Waals surface area contributed by atoms with Crippen molar-refractivity contribution in [1.82, 2.24) is 10.2 Å². The Bertz CT molecular complexity index is 1390. The van der Waals surface area contributed by atoms with Crippen LogP contribution in [-0.2, 0) is 11.2 Å². The number of aryl methyl sites for hydroxylation is 1. The number of aromatic nitrogens is 2. The van der Waals surface area contributed by atoms with Crippen LogP contribution in [0.3, 0.4) is 0 Å². The molecule has 1 amide bonds. The molecule has 7 heteroatoms. The SMILES string of the molecule is CCOC(=O)c1ccc(N2C(=O)c3[nH]nc(-c4ccc(OC)cc4)c3[C@H]2c2ccc(CC)cc2)cc1. The number of aromatic amines is 1. The van der Waals surface area contributed by atoms with E-state index in [2.05, 4.69) is 41.4 Å². The van der Waals surface area contributed by atoms with Crippen LogP contribution >= 0.6 is 0 Å². The molecule has 0 spiro atoms. The number of carbonyl (C=O) groups excluding carboxylic acids is 2. The number of nitrogens with one attached hydrogen (secondary N) is 1. The van der Waals surface area contributed by atoms with Gasteiger partial charge in [0.2, 0.25) is 0 Å². The van der Waals surface area contributed by atoms with Crippen LogP contribution < -0.4 is 9.64 Å². The van der Waals surface area contributed by atoms with Crippen LogP contribution in [-0.4, -0.2) is 35.8 Å². The Labute approximate surface area is 209 Å². The Balaban J connectivity index is 1.61. The summed E-state index contributed by atoms with van der Waals surface area (Å²) in [6.07, 6.45) is 0.928. The highest BCUT2D eigenvalue weighted by Crippen LogP contribution is 2.45. The molecule has 2 heterocycles. The standard InChI is InChI=1S/C29H27N3O4/c1-4-18-6-8-20(9-7-18)27-24-25(19-12-16-23(35-3)17-13-19)30-31-26(24)28(33)32(27)22-14-10-21(11-15-22)29(34)36-5-2/h6-17,27H,4-5H2,1-3H3,(H,30,31)/t27-/m1/s1. The molecule has 5 rings (SSSR count). The van der Waals surface area contributed by atoms with Gasteiger partial charge < -0.3 is 9.47 Å². The van der Waals surface area contributed by atoms with E-state index in [1.165, 1.54) is 5.56 Å². The van der Waals surface area contributed by atoms with E-state index in [4.69, 9.17) is 9.47 Å². The van der Waals surface area contributed by atoms with E-state index in [0.717, 1.165) is 34.6 Å². The molecule has 0 saturated heterocycles. The van der Waals surface area contributed by atoms with Crippen molar-refractivity contribution in [2.75, 3.05) is 18.6 Å². The number of fused-ring (bicyclic) bond motifs is 1. The van der Waals surface area contributed by atoms with Gasteiger partial charge in [0.15, 0.2) is 0 Å². The second kappa shape index (κ2) is 9.70. The third-order valence-electron chi connectivity index (χ3n) is 6.49. The zero-order valence-electron chi connectivity index (χ0n) is 20.4. The molecule has 0 unspecified atom stereocenters. The smallest absolute Gasteiger partial charge is 0.338 e. The van der Waals surface area contributed by atoms with Gasteiger partial charge in [-0.3, -0.25) is 14.8 Å². The molecule has 1 N–H and O–H groups in total. The summed E-state index contributed by atoms with van der Waals surface area (Å²) in [6.45, 7) is 4.18. The van der Waals surface area contributed by atoms with Gasteiger partial charge in [0.1, 0.15) is 11.4 Å². The van der Waals surface area contributed by atoms with E-state index in [1.54, 1.807) is 43.2 Å². The van der Waals surface area contributed by atoms with Crippen LogP contribution in [0, 0.1) is 0 Å². The molecule has 0 aliphatic carbocycles. The lowest BCUT2D eigenvalue weighted by atomic mass is 9.95. The van der Waals surface area contributed by atoms with Gasteiger partial charge in [0.05, 0.1) is 31.0 Å². The first-order valence-corrected chi connectivity index (χ1v) is 12.0. The fraction of sp³-hybridized carbons (Fsp3) is 0.207. The number of ether oxygens (including phenoxy) is 2. The monoisotopic (exact) mass is 481 g/mol. The minimum absolute atomic E-state index is 0.175. The molecule has 1 aliphatic rings. The average molecular weight is 482 g/mol. The summed E-state index contributed by atoms with van der Waals surface area (Å²) in [4.78, 5) is 27.6. The number of esters is 1. The van der Waals surface area contributed by atoms with Crippen LogP contribution in [0.25, 0.3) is 11.3 Å². The summed E-state index contributed by atoms with van der Waals surface area (Å²) < 4.78 is 10.4. The maximum atomic E-state index is 13.7. The normalized spacial score (nSPS) is 14.6. The Hall–Kier alpha value is -4.39. The zero-order valence-corrected chi connectivity index (χ0v) is 20.4. The number of nitrogens with zero attached hydrogens (tertiary/aromatic N) is 2. The average Bonchev–Trinajstić information content (AvgIpc) is 3.48. The van der Waals surface area contributed by atoms with Gasteiger partial charge >= 0.3 is 5.97 Å². The zero-order chi connectivity index (χ0) is 25.2. The van der Waals surface area contributed by atoms with Crippen LogP contribution in [0.5, 0.6) is 5.75 Å². The summed E-state index contributed by atoms with van der Waals surface area (Å²) in [5, 5.41) is 7.52. The van der Waals surface area contributed by atoms with E-state index in [9.17, 15) is 9.59 Å². The van der Waals surface area contributed by atoms with E-state index < -0.39 is 0 Å². The van der Waals surface area contributed by atoms with Gasteiger partial charge in [-0.25, -0.2) is 4.79 Å². The van der Waals surface area contributed by atoms with Crippen molar-refractivity contribution >= 4 is 17.6 Å². The predicted molar refractivity (Wildman–Crippen MR) is 137 cm³/mol. The maximum Gasteiger partial charge on any atom is 0.338 e. The molecule has 36 heavy (non-hydrogen) atoms. The van der Waals surface area contributed by atoms with Gasteiger partial charge in [-0.15, -0.1) is 0 Å². The van der Waals surface area contributed by atoms with Gasteiger partial charge in [-0.2, -0.15) is 5.10 Å². The largest absolute Gasteiger partial charge is 0.497 e. The highest BCUT2D eigenvalue weighted by Gasteiger charge is 2.43. The Morgan fingerprint density at radius 3 is 2.28 bits per heavy atom. The highest BCUT2D eigenvalue weighted by molar-refractivity contribution is 6.12. The van der Waals surface area contributed by atoms with E-state index >= 15 is 0 Å². The minimum Gasteiger partial charge on any atom is -0.497 e. The number of methoxy groups -OCH3 is 1. The van der Waals surface area contributed by atoms with Gasteiger partial charge in [0, 0.05) is 16.8 Å². The topological polar surface area (TPSA) is 84.5 Å². The number of amides is 1. The molecular weight excluding hydrogens is 454 g/mol. The molecule has 7 nitrogen and oxygen atoms in total. The lowest BCUT2D eigenvalue weighted by Gasteiger charge is -2.27. The van der Waals surface area contributed by atoms with Crippen molar-refractivity contribution in [3.05, 3.63) is 101 Å². The number of H-pyrrole nitrogens is 1. The summed E-state index contributed by atoms with van der Waals surface area (Å²) in [6, 6.07) is 22.5. The Morgan fingerprint density at radius 2 is 1.67 bits per heavy atom. The first-order valence-electron chi connectivity index (χ1n) is 12.0. The van der Waals surface area contributed by atoms with Gasteiger partial charge in [0.25, 0.3) is 5.91 Å². The van der Waals surface area contributed by atoms with Crippen LogP contribution in [0.4, 0.5) is 5.69 Å². The number of rotatable bonds is 7. The van der Waals surface area contributed by atoms with Gasteiger partial charge in [-0.1, -0.05) is 31.2 Å². The van der Waals surface area contributed by atoms with Crippen molar-refractivity contribution in [3.63, 3.8) is 0 Å². The highest BCUT2D eigenvalue weighted by atomic mass is 16.5. The first-order chi connectivity index (χ1) is 17.5. The fourth-order valence-corrected chi connectivity index (χ4v) is 4.61. The molecule has 0 radical (unpaired) electrons. The maximum absolute atomic E-state index is 13.7. The summed E-state index contributed by atoms with van der Waals surface area (Å²) in [5.41, 5.74) is 6.20. The van der Waals surface area contributed by atoms with E-state index in [1.807, 2.05) is 24.3 Å². The molecule has 1 aliphatic heterocycles. The van der Waals surface area contributed by atoms with Crippen molar-refractivity contribution < 1.29 is 19.1 Å². The van der Waals surface area contributed by atoms with Crippen molar-refractivity contribution in [1.29, 1.82) is 0 Å². The van der Waals surface area contributed by atoms with Crippen LogP contribution in [0.2, 0.25) is 0 Å². The number of anilines is 1. The molecule has 0 bridgehead atoms. The molecule has 0 fully saturated rings. The third-order valence-corrected chi connectivity index (χ3v) is 6.49. The number of hydrogen-bond donors (Lipinski definition) is 1. The molecule has 1 aromatic heterocycles. The summed E-state index contributed by atoms with van der Waals surface area (Å²) >= 11 is 0. The Kier molecular flexibility index (Phi) is 6.29. The molecule has 3 aromatic carbocycles. The number of carbonyl (C=O) groups is 2.